The molecule has 1 heterocycles. The van der Waals surface area contributed by atoms with Crippen LogP contribution in [0.3, 0.4) is 0 Å². The molecule has 1 heteroatoms. The van der Waals surface area contributed by atoms with Gasteiger partial charge >= 0.3 is 0 Å². The Morgan fingerprint density at radius 3 is 2.23 bits per heavy atom. The van der Waals surface area contributed by atoms with E-state index in [9.17, 15) is 0 Å². The van der Waals surface area contributed by atoms with E-state index in [1.807, 2.05) is 0 Å². The fourth-order valence-electron chi connectivity index (χ4n) is 2.12. The van der Waals surface area contributed by atoms with Crippen molar-refractivity contribution in [3.63, 3.8) is 0 Å². The fourth-order valence-corrected chi connectivity index (χ4v) is 4.81. The van der Waals surface area contributed by atoms with Gasteiger partial charge in [0.05, 0.1) is 0 Å². The van der Waals surface area contributed by atoms with Gasteiger partial charge < -0.3 is 0 Å². The Morgan fingerprint density at radius 2 is 1.54 bits per heavy atom. The lowest BCUT2D eigenvalue weighted by Gasteiger charge is -2.21. The van der Waals surface area contributed by atoms with E-state index in [0.29, 0.717) is 7.92 Å². The lowest BCUT2D eigenvalue weighted by molar-refractivity contribution is 0.655. The molecule has 1 saturated heterocycles. The highest BCUT2D eigenvalue weighted by molar-refractivity contribution is 7.57. The van der Waals surface area contributed by atoms with Crippen LogP contribution in [0.5, 0.6) is 0 Å². The number of hydrogen-bond acceptors (Lipinski definition) is 0. The van der Waals surface area contributed by atoms with Crippen LogP contribution in [0.2, 0.25) is 0 Å². The molecule has 0 N–H and O–H groups in total. The molecule has 0 aromatic rings. The Bertz CT molecular complexity index is 106. The van der Waals surface area contributed by atoms with Gasteiger partial charge in [-0.2, -0.15) is 0 Å². The van der Waals surface area contributed by atoms with Crippen molar-refractivity contribution < 1.29 is 0 Å². The molecule has 0 atom stereocenters. The number of unbranched alkanes of at least 4 members (excludes halogenated alkanes) is 4. The molecule has 13 heavy (non-hydrogen) atoms. The minimum Gasteiger partial charge on any atom is -0.107 e. The predicted octanol–water partition coefficient (Wildman–Crippen LogP) is 4.62. The minimum atomic E-state index is 0.507. The van der Waals surface area contributed by atoms with E-state index in [1.165, 1.54) is 38.5 Å². The van der Waals surface area contributed by atoms with Crippen molar-refractivity contribution in [2.45, 2.75) is 58.3 Å². The average Bonchev–Trinajstić information content (AvgIpc) is 2.19. The van der Waals surface area contributed by atoms with E-state index >= 15 is 0 Å². The van der Waals surface area contributed by atoms with Crippen LogP contribution < -0.4 is 0 Å². The largest absolute Gasteiger partial charge is 0.107 e. The third-order valence-electron chi connectivity index (χ3n) is 3.03. The smallest absolute Gasteiger partial charge is 0.0326 e. The monoisotopic (exact) mass is 200 g/mol. The van der Waals surface area contributed by atoms with Crippen molar-refractivity contribution in [2.24, 2.45) is 0 Å². The van der Waals surface area contributed by atoms with E-state index in [1.54, 1.807) is 31.3 Å². The molecule has 0 amide bonds. The summed E-state index contributed by atoms with van der Waals surface area (Å²) in [5.74, 6) is 0. The number of hydrogen-bond donors (Lipinski definition) is 0. The highest BCUT2D eigenvalue weighted by Gasteiger charge is 2.11. The van der Waals surface area contributed by atoms with Gasteiger partial charge in [-0.1, -0.05) is 39.0 Å². The quantitative estimate of drug-likeness (QED) is 0.433. The normalized spacial score (nSPS) is 19.2. The maximum Gasteiger partial charge on any atom is -0.0326 e. The number of rotatable bonds is 6. The van der Waals surface area contributed by atoms with Crippen molar-refractivity contribution in [2.75, 3.05) is 18.5 Å². The van der Waals surface area contributed by atoms with Crippen LogP contribution in [0.15, 0.2) is 0 Å². The van der Waals surface area contributed by atoms with Crippen LogP contribution in [0.1, 0.15) is 58.3 Å². The van der Waals surface area contributed by atoms with E-state index in [-0.39, 0.29) is 0 Å². The van der Waals surface area contributed by atoms with Crippen LogP contribution in [-0.4, -0.2) is 18.5 Å². The first-order chi connectivity index (χ1) is 6.43. The van der Waals surface area contributed by atoms with Crippen molar-refractivity contribution in [1.29, 1.82) is 0 Å². The molecule has 0 saturated carbocycles. The molecule has 1 aliphatic rings. The summed E-state index contributed by atoms with van der Waals surface area (Å²) >= 11 is 0. The molecule has 0 aromatic carbocycles. The summed E-state index contributed by atoms with van der Waals surface area (Å²) in [5.41, 5.74) is 0. The van der Waals surface area contributed by atoms with E-state index in [0.717, 1.165) is 0 Å². The SMILES string of the molecule is CCCCCCCP1CCCCC1. The lowest BCUT2D eigenvalue weighted by atomic mass is 10.2. The first-order valence-corrected chi connectivity index (χ1v) is 8.05. The first kappa shape index (κ1) is 11.5. The first-order valence-electron chi connectivity index (χ1n) is 6.16. The maximum atomic E-state index is 2.30. The molecule has 1 aliphatic heterocycles. The average molecular weight is 200 g/mol. The lowest BCUT2D eigenvalue weighted by Crippen LogP contribution is -2.01. The van der Waals surface area contributed by atoms with Gasteiger partial charge in [0, 0.05) is 0 Å². The van der Waals surface area contributed by atoms with Gasteiger partial charge in [-0.15, -0.1) is 7.92 Å². The van der Waals surface area contributed by atoms with E-state index in [4.69, 9.17) is 0 Å². The molecule has 0 aromatic heterocycles. The molecular formula is C12H25P. The molecule has 0 spiro atoms. The van der Waals surface area contributed by atoms with E-state index < -0.39 is 0 Å². The minimum absolute atomic E-state index is 0.507. The van der Waals surface area contributed by atoms with Crippen LogP contribution in [0.4, 0.5) is 0 Å². The molecule has 1 rings (SSSR count). The summed E-state index contributed by atoms with van der Waals surface area (Å²) in [4.78, 5) is 0. The predicted molar refractivity (Wildman–Crippen MR) is 64.1 cm³/mol. The van der Waals surface area contributed by atoms with Crippen molar-refractivity contribution in [3.8, 4) is 0 Å². The summed E-state index contributed by atoms with van der Waals surface area (Å²) in [5, 5.41) is 0. The Kier molecular flexibility index (Phi) is 6.90. The molecule has 0 unspecified atom stereocenters. The van der Waals surface area contributed by atoms with E-state index in [2.05, 4.69) is 6.92 Å². The Morgan fingerprint density at radius 1 is 0.846 bits per heavy atom. The van der Waals surface area contributed by atoms with Gasteiger partial charge in [-0.3, -0.25) is 0 Å². The second-order valence-electron chi connectivity index (χ2n) is 4.32. The maximum absolute atomic E-state index is 2.30. The zero-order chi connectivity index (χ0) is 9.36. The third kappa shape index (κ3) is 5.68. The van der Waals surface area contributed by atoms with Crippen LogP contribution >= 0.6 is 7.92 Å². The summed E-state index contributed by atoms with van der Waals surface area (Å²) in [7, 11) is 0.507. The molecule has 1 fully saturated rings. The Hall–Kier alpha value is 0.430. The van der Waals surface area contributed by atoms with Gasteiger partial charge in [0.2, 0.25) is 0 Å². The highest BCUT2D eigenvalue weighted by atomic mass is 31.1. The van der Waals surface area contributed by atoms with Crippen LogP contribution in [0.25, 0.3) is 0 Å². The van der Waals surface area contributed by atoms with Gasteiger partial charge in [-0.25, -0.2) is 0 Å². The van der Waals surface area contributed by atoms with Gasteiger partial charge in [0.1, 0.15) is 0 Å². The summed E-state index contributed by atoms with van der Waals surface area (Å²) < 4.78 is 0. The zero-order valence-corrected chi connectivity index (χ0v) is 10.1. The summed E-state index contributed by atoms with van der Waals surface area (Å²) in [6.07, 6.45) is 16.8. The third-order valence-corrected chi connectivity index (χ3v) is 5.87. The van der Waals surface area contributed by atoms with Gasteiger partial charge in [-0.05, 0) is 37.7 Å². The molecule has 0 nitrogen and oxygen atoms in total. The Balaban J connectivity index is 1.86. The highest BCUT2D eigenvalue weighted by Crippen LogP contribution is 2.42. The van der Waals surface area contributed by atoms with Crippen molar-refractivity contribution >= 4 is 7.92 Å². The van der Waals surface area contributed by atoms with Gasteiger partial charge in [0.15, 0.2) is 0 Å². The summed E-state index contributed by atoms with van der Waals surface area (Å²) in [6, 6.07) is 0. The molecule has 0 bridgehead atoms. The zero-order valence-electron chi connectivity index (χ0n) is 9.23. The van der Waals surface area contributed by atoms with Crippen LogP contribution in [-0.2, 0) is 0 Å². The molecule has 78 valence electrons. The van der Waals surface area contributed by atoms with Crippen LogP contribution in [0, 0.1) is 0 Å². The molecular weight excluding hydrogens is 175 g/mol. The molecule has 0 radical (unpaired) electrons. The van der Waals surface area contributed by atoms with Crippen molar-refractivity contribution in [3.05, 3.63) is 0 Å². The van der Waals surface area contributed by atoms with Crippen molar-refractivity contribution in [1.82, 2.24) is 0 Å². The second kappa shape index (κ2) is 7.80. The fraction of sp³-hybridized carbons (Fsp3) is 1.00. The van der Waals surface area contributed by atoms with Gasteiger partial charge in [0.25, 0.3) is 0 Å². The Labute approximate surface area is 85.2 Å². The topological polar surface area (TPSA) is 0 Å². The summed E-state index contributed by atoms with van der Waals surface area (Å²) in [6.45, 7) is 2.30. The molecule has 0 aliphatic carbocycles. The second-order valence-corrected chi connectivity index (χ2v) is 7.00. The standard InChI is InChI=1S/C12H25P/c1-2-3-4-5-7-10-13-11-8-6-9-12-13/h2-12H2,1H3.